The summed E-state index contributed by atoms with van der Waals surface area (Å²) >= 11 is 0. The lowest BCUT2D eigenvalue weighted by molar-refractivity contribution is -0.116. The molecule has 1 amide bonds. The Kier molecular flexibility index (Phi) is 2.96. The molecule has 2 rings (SSSR count). The van der Waals surface area contributed by atoms with Gasteiger partial charge in [0.2, 0.25) is 0 Å². The van der Waals surface area contributed by atoms with E-state index in [9.17, 15) is 9.18 Å². The molecule has 0 unspecified atom stereocenters. The predicted octanol–water partition coefficient (Wildman–Crippen LogP) is 1.27. The van der Waals surface area contributed by atoms with Crippen molar-refractivity contribution >= 4 is 17.3 Å². The first-order valence-corrected chi connectivity index (χ1v) is 5.05. The number of rotatable bonds is 3. The van der Waals surface area contributed by atoms with Crippen molar-refractivity contribution in [3.63, 3.8) is 0 Å². The van der Waals surface area contributed by atoms with E-state index in [-0.39, 0.29) is 11.7 Å². The van der Waals surface area contributed by atoms with Gasteiger partial charge in [0.05, 0.1) is 12.1 Å². The van der Waals surface area contributed by atoms with Crippen LogP contribution in [-0.4, -0.2) is 18.2 Å². The van der Waals surface area contributed by atoms with Gasteiger partial charge in [-0.3, -0.25) is 4.79 Å². The fourth-order valence-corrected chi connectivity index (χ4v) is 1.57. The smallest absolute Gasteiger partial charge is 0.253 e. The van der Waals surface area contributed by atoms with Crippen LogP contribution in [0.5, 0.6) is 0 Å². The molecule has 0 aliphatic carbocycles. The Morgan fingerprint density at radius 3 is 2.69 bits per heavy atom. The Morgan fingerprint density at radius 1 is 1.38 bits per heavy atom. The summed E-state index contributed by atoms with van der Waals surface area (Å²) in [6, 6.07) is 5.67. The van der Waals surface area contributed by atoms with E-state index in [1.165, 1.54) is 29.3 Å². The average molecular weight is 221 g/mol. The van der Waals surface area contributed by atoms with Crippen LogP contribution in [0, 0.1) is 5.82 Å². The second kappa shape index (κ2) is 4.40. The summed E-state index contributed by atoms with van der Waals surface area (Å²) in [5.41, 5.74) is 6.75. The maximum atomic E-state index is 12.7. The third kappa shape index (κ3) is 2.09. The number of hydrogen-bond acceptors (Lipinski definition) is 3. The van der Waals surface area contributed by atoms with E-state index in [0.29, 0.717) is 25.1 Å². The van der Waals surface area contributed by atoms with Crippen LogP contribution in [0.15, 0.2) is 29.4 Å². The Morgan fingerprint density at radius 2 is 2.06 bits per heavy atom. The molecule has 0 saturated carbocycles. The quantitative estimate of drug-likeness (QED) is 0.835. The predicted molar refractivity (Wildman–Crippen MR) is 59.6 cm³/mol. The van der Waals surface area contributed by atoms with E-state index < -0.39 is 0 Å². The third-order valence-electron chi connectivity index (χ3n) is 2.34. The van der Waals surface area contributed by atoms with Crippen molar-refractivity contribution in [1.82, 2.24) is 0 Å². The molecule has 1 aliphatic rings. The molecule has 0 aromatic heterocycles. The maximum absolute atomic E-state index is 12.7. The zero-order valence-corrected chi connectivity index (χ0v) is 8.69. The molecule has 1 aromatic carbocycles. The third-order valence-corrected chi connectivity index (χ3v) is 2.34. The molecule has 1 heterocycles. The first-order valence-electron chi connectivity index (χ1n) is 5.05. The molecule has 0 bridgehead atoms. The monoisotopic (exact) mass is 221 g/mol. The van der Waals surface area contributed by atoms with Crippen molar-refractivity contribution in [2.45, 2.75) is 12.8 Å². The summed E-state index contributed by atoms with van der Waals surface area (Å²) in [4.78, 5) is 11.6. The molecule has 1 aromatic rings. The minimum atomic E-state index is -0.332. The van der Waals surface area contributed by atoms with Crippen molar-refractivity contribution in [2.24, 2.45) is 10.8 Å². The van der Waals surface area contributed by atoms with E-state index >= 15 is 0 Å². The van der Waals surface area contributed by atoms with Crippen molar-refractivity contribution < 1.29 is 9.18 Å². The fourth-order valence-electron chi connectivity index (χ4n) is 1.57. The molecule has 5 heteroatoms. The summed E-state index contributed by atoms with van der Waals surface area (Å²) in [7, 11) is 0. The summed E-state index contributed by atoms with van der Waals surface area (Å²) in [6.45, 7) is 0.476. The lowest BCUT2D eigenvalue weighted by atomic mass is 10.2. The fraction of sp³-hybridized carbons (Fsp3) is 0.273. The number of halogens is 1. The van der Waals surface area contributed by atoms with Crippen LogP contribution in [-0.2, 0) is 4.79 Å². The SMILES string of the molecule is NCCC1=NN(c2ccc(F)cc2)C(=O)C1. The van der Waals surface area contributed by atoms with Crippen LogP contribution >= 0.6 is 0 Å². The van der Waals surface area contributed by atoms with Crippen molar-refractivity contribution in [1.29, 1.82) is 0 Å². The highest BCUT2D eigenvalue weighted by atomic mass is 19.1. The molecule has 0 saturated heterocycles. The van der Waals surface area contributed by atoms with Gasteiger partial charge in [-0.1, -0.05) is 0 Å². The van der Waals surface area contributed by atoms with Gasteiger partial charge in [0.1, 0.15) is 5.82 Å². The molecule has 0 atom stereocenters. The van der Waals surface area contributed by atoms with Crippen molar-refractivity contribution in [3.8, 4) is 0 Å². The summed E-state index contributed by atoms with van der Waals surface area (Å²) in [6.07, 6.45) is 0.915. The van der Waals surface area contributed by atoms with E-state index in [0.717, 1.165) is 5.71 Å². The molecule has 0 spiro atoms. The Hall–Kier alpha value is -1.75. The number of nitrogens with two attached hydrogens (primary N) is 1. The van der Waals surface area contributed by atoms with Crippen molar-refractivity contribution in [3.05, 3.63) is 30.1 Å². The zero-order valence-electron chi connectivity index (χ0n) is 8.69. The second-order valence-corrected chi connectivity index (χ2v) is 3.56. The van der Waals surface area contributed by atoms with Crippen LogP contribution in [0.1, 0.15) is 12.8 Å². The topological polar surface area (TPSA) is 58.7 Å². The van der Waals surface area contributed by atoms with Gasteiger partial charge in [0.15, 0.2) is 0 Å². The molecule has 2 N–H and O–H groups in total. The van der Waals surface area contributed by atoms with Gasteiger partial charge in [-0.2, -0.15) is 5.10 Å². The highest BCUT2D eigenvalue weighted by molar-refractivity contribution is 6.12. The van der Waals surface area contributed by atoms with E-state index in [1.54, 1.807) is 0 Å². The maximum Gasteiger partial charge on any atom is 0.253 e. The number of nitrogens with zero attached hydrogens (tertiary/aromatic N) is 2. The van der Waals surface area contributed by atoms with Crippen LogP contribution < -0.4 is 10.7 Å². The van der Waals surface area contributed by atoms with Crippen LogP contribution in [0.25, 0.3) is 0 Å². The van der Waals surface area contributed by atoms with Gasteiger partial charge < -0.3 is 5.73 Å². The summed E-state index contributed by atoms with van der Waals surface area (Å²) in [5.74, 6) is -0.434. The number of carbonyl (C=O) groups is 1. The number of amides is 1. The molecular formula is C11H12FN3O. The van der Waals surface area contributed by atoms with Crippen LogP contribution in [0.3, 0.4) is 0 Å². The molecule has 0 radical (unpaired) electrons. The molecule has 0 fully saturated rings. The normalized spacial score (nSPS) is 15.5. The van der Waals surface area contributed by atoms with E-state index in [2.05, 4.69) is 5.10 Å². The minimum absolute atomic E-state index is 0.102. The van der Waals surface area contributed by atoms with Gasteiger partial charge in [0.25, 0.3) is 5.91 Å². The lowest BCUT2D eigenvalue weighted by Gasteiger charge is -2.10. The first kappa shape index (κ1) is 10.8. The summed E-state index contributed by atoms with van der Waals surface area (Å²) < 4.78 is 12.7. The average Bonchev–Trinajstić information content (AvgIpc) is 2.61. The highest BCUT2D eigenvalue weighted by Gasteiger charge is 2.24. The second-order valence-electron chi connectivity index (χ2n) is 3.56. The van der Waals surface area contributed by atoms with Crippen molar-refractivity contribution in [2.75, 3.05) is 11.6 Å². The molecule has 4 nitrogen and oxygen atoms in total. The number of benzene rings is 1. The van der Waals surface area contributed by atoms with Gasteiger partial charge in [-0.25, -0.2) is 9.40 Å². The van der Waals surface area contributed by atoms with Gasteiger partial charge in [-0.05, 0) is 30.8 Å². The van der Waals surface area contributed by atoms with Gasteiger partial charge in [-0.15, -0.1) is 0 Å². The number of anilines is 1. The molecule has 16 heavy (non-hydrogen) atoms. The standard InChI is InChI=1S/C11H12FN3O/c12-8-1-3-10(4-2-8)15-11(16)7-9(14-15)5-6-13/h1-4H,5-7,13H2. The largest absolute Gasteiger partial charge is 0.330 e. The van der Waals surface area contributed by atoms with E-state index in [1.807, 2.05) is 0 Å². The Balaban J connectivity index is 2.21. The number of hydrazone groups is 1. The molecule has 1 aliphatic heterocycles. The minimum Gasteiger partial charge on any atom is -0.330 e. The van der Waals surface area contributed by atoms with Gasteiger partial charge in [0, 0.05) is 12.1 Å². The number of carbonyl (C=O) groups excluding carboxylic acids is 1. The Bertz CT molecular complexity index is 427. The summed E-state index contributed by atoms with van der Waals surface area (Å²) in [5, 5.41) is 5.45. The van der Waals surface area contributed by atoms with Crippen LogP contribution in [0.2, 0.25) is 0 Å². The molecule has 84 valence electrons. The first-order chi connectivity index (χ1) is 7.70. The molecular weight excluding hydrogens is 209 g/mol. The highest BCUT2D eigenvalue weighted by Crippen LogP contribution is 2.21. The van der Waals surface area contributed by atoms with Gasteiger partial charge >= 0.3 is 0 Å². The Labute approximate surface area is 92.5 Å². The van der Waals surface area contributed by atoms with Crippen LogP contribution in [0.4, 0.5) is 10.1 Å². The zero-order chi connectivity index (χ0) is 11.5. The number of hydrogen-bond donors (Lipinski definition) is 1. The van der Waals surface area contributed by atoms with E-state index in [4.69, 9.17) is 5.73 Å². The lowest BCUT2D eigenvalue weighted by Crippen LogP contribution is -2.19.